The highest BCUT2D eigenvalue weighted by Crippen LogP contribution is 2.38. The third-order valence-corrected chi connectivity index (χ3v) is 6.09. The van der Waals surface area contributed by atoms with Crippen LogP contribution in [0.25, 0.3) is 0 Å². The molecule has 1 unspecified atom stereocenters. The molecule has 1 N–H and O–H groups in total. The molecule has 0 saturated carbocycles. The van der Waals surface area contributed by atoms with Crippen LogP contribution in [0.4, 0.5) is 11.4 Å². The second kappa shape index (κ2) is 9.54. The topological polar surface area (TPSA) is 58.6 Å². The van der Waals surface area contributed by atoms with E-state index in [1.807, 2.05) is 36.4 Å². The van der Waals surface area contributed by atoms with Crippen LogP contribution in [0.15, 0.2) is 36.4 Å². The van der Waals surface area contributed by atoms with E-state index in [0.29, 0.717) is 12.5 Å². The van der Waals surface area contributed by atoms with Gasteiger partial charge in [0, 0.05) is 17.9 Å². The van der Waals surface area contributed by atoms with Crippen molar-refractivity contribution in [3.05, 3.63) is 53.1 Å². The van der Waals surface area contributed by atoms with Crippen molar-refractivity contribution in [2.45, 2.75) is 65.2 Å². The van der Waals surface area contributed by atoms with Crippen LogP contribution in [0.2, 0.25) is 0 Å². The molecule has 2 aromatic rings. The standard InChI is InChI=1S/C26H34N2O3/c1-16(2)20-8-7-9-21(17(3)4)26(20)27-24(29)15-25(30)28-13-12-18(5)22-14-19(31-6)10-11-23(22)28/h7-11,14,16-18H,12-13,15H2,1-6H3,(H,27,29). The number of rotatable bonds is 6. The summed E-state index contributed by atoms with van der Waals surface area (Å²) in [6, 6.07) is 11.9. The summed E-state index contributed by atoms with van der Waals surface area (Å²) < 4.78 is 5.35. The largest absolute Gasteiger partial charge is 0.497 e. The van der Waals surface area contributed by atoms with Crippen molar-refractivity contribution in [2.75, 3.05) is 23.9 Å². The number of nitrogens with zero attached hydrogens (tertiary/aromatic N) is 1. The van der Waals surface area contributed by atoms with Crippen molar-refractivity contribution in [1.29, 1.82) is 0 Å². The summed E-state index contributed by atoms with van der Waals surface area (Å²) in [5.74, 6) is 1.22. The molecule has 1 heterocycles. The number of anilines is 2. The summed E-state index contributed by atoms with van der Waals surface area (Å²) in [6.07, 6.45) is 0.686. The third kappa shape index (κ3) is 4.92. The Morgan fingerprint density at radius 2 is 1.74 bits per heavy atom. The van der Waals surface area contributed by atoms with Crippen LogP contribution in [0.5, 0.6) is 5.75 Å². The quantitative estimate of drug-likeness (QED) is 0.598. The van der Waals surface area contributed by atoms with Gasteiger partial charge in [-0.3, -0.25) is 9.59 Å². The van der Waals surface area contributed by atoms with Crippen molar-refractivity contribution in [2.24, 2.45) is 0 Å². The summed E-state index contributed by atoms with van der Waals surface area (Å²) in [5.41, 5.74) is 5.00. The van der Waals surface area contributed by atoms with Gasteiger partial charge in [0.05, 0.1) is 7.11 Å². The van der Waals surface area contributed by atoms with Crippen LogP contribution < -0.4 is 15.0 Å². The second-order valence-electron chi connectivity index (χ2n) is 9.01. The van der Waals surface area contributed by atoms with Gasteiger partial charge in [0.25, 0.3) is 0 Å². The highest BCUT2D eigenvalue weighted by atomic mass is 16.5. The SMILES string of the molecule is COc1ccc2c(c1)C(C)CCN2C(=O)CC(=O)Nc1c(C(C)C)cccc1C(C)C. The van der Waals surface area contributed by atoms with Crippen molar-refractivity contribution in [3.8, 4) is 5.75 Å². The number of hydrogen-bond donors (Lipinski definition) is 1. The molecular weight excluding hydrogens is 388 g/mol. The molecule has 166 valence electrons. The number of carbonyl (C=O) groups is 2. The molecule has 3 rings (SSSR count). The van der Waals surface area contributed by atoms with E-state index in [1.54, 1.807) is 12.0 Å². The van der Waals surface area contributed by atoms with E-state index in [0.717, 1.165) is 40.2 Å². The average molecular weight is 423 g/mol. The number of fused-ring (bicyclic) bond motifs is 1. The van der Waals surface area contributed by atoms with Crippen LogP contribution >= 0.6 is 0 Å². The number of carbonyl (C=O) groups excluding carboxylic acids is 2. The zero-order chi connectivity index (χ0) is 22.7. The molecule has 0 aliphatic carbocycles. The van der Waals surface area contributed by atoms with Gasteiger partial charge in [0.2, 0.25) is 11.8 Å². The molecule has 2 amide bonds. The molecule has 0 spiro atoms. The first kappa shape index (κ1) is 22.9. The van der Waals surface area contributed by atoms with E-state index in [1.165, 1.54) is 0 Å². The van der Waals surface area contributed by atoms with Gasteiger partial charge < -0.3 is 15.0 Å². The van der Waals surface area contributed by atoms with E-state index in [4.69, 9.17) is 4.74 Å². The van der Waals surface area contributed by atoms with Gasteiger partial charge in [-0.05, 0) is 59.1 Å². The third-order valence-electron chi connectivity index (χ3n) is 6.09. The zero-order valence-electron chi connectivity index (χ0n) is 19.5. The van der Waals surface area contributed by atoms with Gasteiger partial charge in [0.15, 0.2) is 0 Å². The number of nitrogens with one attached hydrogen (secondary N) is 1. The van der Waals surface area contributed by atoms with Crippen molar-refractivity contribution < 1.29 is 14.3 Å². The monoisotopic (exact) mass is 422 g/mol. The maximum absolute atomic E-state index is 13.1. The molecule has 0 saturated heterocycles. The molecule has 5 heteroatoms. The minimum absolute atomic E-state index is 0.177. The Hall–Kier alpha value is -2.82. The van der Waals surface area contributed by atoms with E-state index in [-0.39, 0.29) is 30.1 Å². The predicted octanol–water partition coefficient (Wildman–Crippen LogP) is 5.81. The number of amides is 2. The van der Waals surface area contributed by atoms with Gasteiger partial charge >= 0.3 is 0 Å². The summed E-state index contributed by atoms with van der Waals surface area (Å²) in [6.45, 7) is 11.2. The Kier molecular flexibility index (Phi) is 7.04. The second-order valence-corrected chi connectivity index (χ2v) is 9.01. The van der Waals surface area contributed by atoms with Crippen molar-refractivity contribution in [3.63, 3.8) is 0 Å². The lowest BCUT2D eigenvalue weighted by Gasteiger charge is -2.33. The van der Waals surface area contributed by atoms with E-state index < -0.39 is 0 Å². The van der Waals surface area contributed by atoms with Crippen LogP contribution in [0, 0.1) is 0 Å². The van der Waals surface area contributed by atoms with Crippen LogP contribution in [-0.2, 0) is 9.59 Å². The number of ether oxygens (including phenoxy) is 1. The molecule has 0 aromatic heterocycles. The molecular formula is C26H34N2O3. The molecule has 0 bridgehead atoms. The summed E-state index contributed by atoms with van der Waals surface area (Å²) in [5, 5.41) is 3.06. The van der Waals surface area contributed by atoms with Gasteiger partial charge in [-0.15, -0.1) is 0 Å². The van der Waals surface area contributed by atoms with Crippen LogP contribution in [0.1, 0.15) is 81.9 Å². The molecule has 1 aliphatic heterocycles. The fourth-order valence-electron chi connectivity index (χ4n) is 4.27. The fraction of sp³-hybridized carbons (Fsp3) is 0.462. The number of methoxy groups -OCH3 is 1. The highest BCUT2D eigenvalue weighted by molar-refractivity contribution is 6.10. The Labute approximate surface area is 185 Å². The smallest absolute Gasteiger partial charge is 0.236 e. The summed E-state index contributed by atoms with van der Waals surface area (Å²) in [4.78, 5) is 27.7. The summed E-state index contributed by atoms with van der Waals surface area (Å²) >= 11 is 0. The van der Waals surface area contributed by atoms with E-state index in [9.17, 15) is 9.59 Å². The highest BCUT2D eigenvalue weighted by Gasteiger charge is 2.28. The predicted molar refractivity (Wildman–Crippen MR) is 126 cm³/mol. The van der Waals surface area contributed by atoms with Crippen LogP contribution in [-0.4, -0.2) is 25.5 Å². The molecule has 1 aliphatic rings. The van der Waals surface area contributed by atoms with Crippen molar-refractivity contribution in [1.82, 2.24) is 0 Å². The first-order valence-electron chi connectivity index (χ1n) is 11.1. The Balaban J connectivity index is 1.80. The minimum Gasteiger partial charge on any atom is -0.497 e. The zero-order valence-corrected chi connectivity index (χ0v) is 19.5. The van der Waals surface area contributed by atoms with Gasteiger partial charge in [-0.1, -0.05) is 52.8 Å². The lowest BCUT2D eigenvalue weighted by atomic mass is 9.91. The fourth-order valence-corrected chi connectivity index (χ4v) is 4.27. The average Bonchev–Trinajstić information content (AvgIpc) is 2.73. The Morgan fingerprint density at radius 3 is 2.32 bits per heavy atom. The summed E-state index contributed by atoms with van der Waals surface area (Å²) in [7, 11) is 1.64. The van der Waals surface area contributed by atoms with E-state index >= 15 is 0 Å². The van der Waals surface area contributed by atoms with Crippen LogP contribution in [0.3, 0.4) is 0 Å². The van der Waals surface area contributed by atoms with Gasteiger partial charge in [-0.25, -0.2) is 0 Å². The Morgan fingerprint density at radius 1 is 1.10 bits per heavy atom. The molecule has 5 nitrogen and oxygen atoms in total. The molecule has 0 radical (unpaired) electrons. The molecule has 2 aromatic carbocycles. The van der Waals surface area contributed by atoms with Crippen molar-refractivity contribution >= 4 is 23.2 Å². The van der Waals surface area contributed by atoms with Gasteiger partial charge in [0.1, 0.15) is 12.2 Å². The molecule has 0 fully saturated rings. The minimum atomic E-state index is -0.270. The lowest BCUT2D eigenvalue weighted by molar-refractivity contribution is -0.125. The normalized spacial score (nSPS) is 15.7. The number of para-hydroxylation sites is 1. The molecule has 1 atom stereocenters. The number of benzene rings is 2. The van der Waals surface area contributed by atoms with E-state index in [2.05, 4.69) is 39.9 Å². The lowest BCUT2D eigenvalue weighted by Crippen LogP contribution is -2.38. The Bertz CT molecular complexity index is 939. The maximum atomic E-state index is 13.1. The van der Waals surface area contributed by atoms with Gasteiger partial charge in [-0.2, -0.15) is 0 Å². The first-order valence-corrected chi connectivity index (χ1v) is 11.1. The first-order chi connectivity index (χ1) is 14.7. The number of hydrogen-bond acceptors (Lipinski definition) is 3. The molecule has 31 heavy (non-hydrogen) atoms. The maximum Gasteiger partial charge on any atom is 0.236 e.